The predicted molar refractivity (Wildman–Crippen MR) is 72.5 cm³/mol. The second-order valence-electron chi connectivity index (χ2n) is 4.53. The van der Waals surface area contributed by atoms with Crippen LogP contribution < -0.4 is 5.32 Å². The summed E-state index contributed by atoms with van der Waals surface area (Å²) in [7, 11) is 0. The van der Waals surface area contributed by atoms with Gasteiger partial charge >= 0.3 is 0 Å². The number of thioether (sulfide) groups is 1. The minimum atomic E-state index is -2.58. The molecule has 1 amide bonds. The maximum absolute atomic E-state index is 12.4. The summed E-state index contributed by atoms with van der Waals surface area (Å²) in [5, 5.41) is 2.80. The van der Waals surface area contributed by atoms with Crippen molar-refractivity contribution in [3.8, 4) is 0 Å². The van der Waals surface area contributed by atoms with Crippen molar-refractivity contribution in [2.75, 3.05) is 6.54 Å². The zero-order chi connectivity index (χ0) is 14.3. The summed E-state index contributed by atoms with van der Waals surface area (Å²) < 4.78 is 24.7. The Morgan fingerprint density at radius 2 is 2.21 bits per heavy atom. The van der Waals surface area contributed by atoms with Gasteiger partial charge in [0.25, 0.3) is 11.7 Å². The largest absolute Gasteiger partial charge is 0.352 e. The summed E-state index contributed by atoms with van der Waals surface area (Å²) in [6.45, 7) is 4.77. The van der Waals surface area contributed by atoms with Crippen molar-refractivity contribution in [1.29, 1.82) is 0 Å². The number of pyridine rings is 1. The van der Waals surface area contributed by atoms with Gasteiger partial charge in [-0.15, -0.1) is 0 Å². The Bertz CT molecular complexity index is 413. The third kappa shape index (κ3) is 6.00. The van der Waals surface area contributed by atoms with Crippen LogP contribution in [0.25, 0.3) is 0 Å². The average molecular weight is 288 g/mol. The van der Waals surface area contributed by atoms with Gasteiger partial charge in [0.2, 0.25) is 0 Å². The van der Waals surface area contributed by atoms with Crippen molar-refractivity contribution in [2.24, 2.45) is 5.92 Å². The molecule has 1 aromatic rings. The number of carbonyl (C=O) groups is 1. The van der Waals surface area contributed by atoms with E-state index in [4.69, 9.17) is 0 Å². The first kappa shape index (κ1) is 15.9. The van der Waals surface area contributed by atoms with Gasteiger partial charge < -0.3 is 5.32 Å². The molecular weight excluding hydrogens is 270 g/mol. The van der Waals surface area contributed by atoms with E-state index in [9.17, 15) is 13.6 Å². The third-order valence-electron chi connectivity index (χ3n) is 2.46. The Morgan fingerprint density at radius 3 is 2.84 bits per heavy atom. The minimum Gasteiger partial charge on any atom is -0.352 e. The lowest BCUT2D eigenvalue weighted by Crippen LogP contribution is -2.25. The lowest BCUT2D eigenvalue weighted by molar-refractivity contribution is 0.0949. The summed E-state index contributed by atoms with van der Waals surface area (Å²) in [5.41, 5.74) is 0.206. The zero-order valence-corrected chi connectivity index (χ0v) is 11.8. The molecule has 0 aromatic carbocycles. The maximum atomic E-state index is 12.4. The van der Waals surface area contributed by atoms with Crippen molar-refractivity contribution in [1.82, 2.24) is 10.3 Å². The van der Waals surface area contributed by atoms with Crippen LogP contribution in [0.1, 0.15) is 37.0 Å². The van der Waals surface area contributed by atoms with Crippen molar-refractivity contribution >= 4 is 17.7 Å². The lowest BCUT2D eigenvalue weighted by Gasteiger charge is -2.09. The first-order chi connectivity index (χ1) is 9.00. The molecule has 6 heteroatoms. The molecule has 1 N–H and O–H groups in total. The molecule has 0 saturated carbocycles. The minimum absolute atomic E-state index is 0.0684. The summed E-state index contributed by atoms with van der Waals surface area (Å²) in [5.74, 6) is -2.34. The van der Waals surface area contributed by atoms with E-state index in [1.807, 2.05) is 0 Å². The van der Waals surface area contributed by atoms with Gasteiger partial charge in [0.1, 0.15) is 5.03 Å². The Hall–Kier alpha value is -1.17. The number of rotatable bonds is 7. The standard InChI is InChI=1S/C13H18F2N2OS/c1-9(2)5-3-7-16-11(18)10-6-4-8-17-12(10)19-13(14)15/h4,6,8-9,13H,3,5,7H2,1-2H3,(H,16,18). The fourth-order valence-corrected chi connectivity index (χ4v) is 2.13. The summed E-state index contributed by atoms with van der Waals surface area (Å²) in [6, 6.07) is 3.08. The molecule has 106 valence electrons. The van der Waals surface area contributed by atoms with E-state index in [0.29, 0.717) is 24.2 Å². The lowest BCUT2D eigenvalue weighted by atomic mass is 10.1. The highest BCUT2D eigenvalue weighted by atomic mass is 32.2. The molecule has 0 unspecified atom stereocenters. The molecule has 0 saturated heterocycles. The van der Waals surface area contributed by atoms with Crippen LogP contribution in [0.4, 0.5) is 8.78 Å². The highest BCUT2D eigenvalue weighted by molar-refractivity contribution is 7.99. The van der Waals surface area contributed by atoms with Crippen LogP contribution >= 0.6 is 11.8 Å². The third-order valence-corrected chi connectivity index (χ3v) is 3.19. The highest BCUT2D eigenvalue weighted by Gasteiger charge is 2.16. The van der Waals surface area contributed by atoms with Gasteiger partial charge in [0.15, 0.2) is 0 Å². The second kappa shape index (κ2) is 8.09. The van der Waals surface area contributed by atoms with Crippen LogP contribution in [-0.4, -0.2) is 23.2 Å². The summed E-state index contributed by atoms with van der Waals surface area (Å²) in [4.78, 5) is 15.7. The summed E-state index contributed by atoms with van der Waals surface area (Å²) in [6.07, 6.45) is 3.30. The first-order valence-electron chi connectivity index (χ1n) is 6.18. The van der Waals surface area contributed by atoms with Crippen molar-refractivity contribution in [3.05, 3.63) is 23.9 Å². The van der Waals surface area contributed by atoms with E-state index in [-0.39, 0.29) is 16.5 Å². The number of nitrogens with zero attached hydrogens (tertiary/aromatic N) is 1. The molecule has 19 heavy (non-hydrogen) atoms. The van der Waals surface area contributed by atoms with Gasteiger partial charge in [0.05, 0.1) is 5.56 Å². The van der Waals surface area contributed by atoms with Gasteiger partial charge in [-0.1, -0.05) is 13.8 Å². The number of hydrogen-bond donors (Lipinski definition) is 1. The molecule has 0 radical (unpaired) electrons. The molecule has 3 nitrogen and oxygen atoms in total. The van der Waals surface area contributed by atoms with Crippen LogP contribution in [0.3, 0.4) is 0 Å². The topological polar surface area (TPSA) is 42.0 Å². The van der Waals surface area contributed by atoms with Gasteiger partial charge in [0, 0.05) is 12.7 Å². The van der Waals surface area contributed by atoms with E-state index in [1.54, 1.807) is 6.07 Å². The first-order valence-corrected chi connectivity index (χ1v) is 7.06. The van der Waals surface area contributed by atoms with Crippen LogP contribution in [0, 0.1) is 5.92 Å². The van der Waals surface area contributed by atoms with Crippen LogP contribution in [0.15, 0.2) is 23.4 Å². The van der Waals surface area contributed by atoms with Crippen molar-refractivity contribution in [3.63, 3.8) is 0 Å². The van der Waals surface area contributed by atoms with Gasteiger partial charge in [-0.05, 0) is 42.7 Å². The number of amides is 1. The molecule has 1 heterocycles. The van der Waals surface area contributed by atoms with E-state index in [1.165, 1.54) is 12.3 Å². The zero-order valence-electron chi connectivity index (χ0n) is 11.0. The summed E-state index contributed by atoms with van der Waals surface area (Å²) >= 11 is 0.292. The molecule has 0 fully saturated rings. The quantitative estimate of drug-likeness (QED) is 0.616. The Balaban J connectivity index is 2.56. The monoisotopic (exact) mass is 288 g/mol. The van der Waals surface area contributed by atoms with Crippen molar-refractivity contribution < 1.29 is 13.6 Å². The molecule has 0 atom stereocenters. The molecular formula is C13H18F2N2OS. The van der Waals surface area contributed by atoms with E-state index < -0.39 is 5.76 Å². The second-order valence-corrected chi connectivity index (χ2v) is 5.51. The van der Waals surface area contributed by atoms with Gasteiger partial charge in [-0.2, -0.15) is 8.78 Å². The van der Waals surface area contributed by atoms with E-state index >= 15 is 0 Å². The Morgan fingerprint density at radius 1 is 1.47 bits per heavy atom. The molecule has 0 aliphatic carbocycles. The molecule has 1 rings (SSSR count). The molecule has 1 aromatic heterocycles. The van der Waals surface area contributed by atoms with Crippen molar-refractivity contribution in [2.45, 2.75) is 37.5 Å². The predicted octanol–water partition coefficient (Wildman–Crippen LogP) is 3.56. The average Bonchev–Trinajstić information content (AvgIpc) is 2.34. The Kier molecular flexibility index (Phi) is 6.77. The fraction of sp³-hybridized carbons (Fsp3) is 0.538. The molecule has 0 spiro atoms. The molecule has 0 bridgehead atoms. The molecule has 0 aliphatic rings. The highest BCUT2D eigenvalue weighted by Crippen LogP contribution is 2.26. The number of carbonyl (C=O) groups excluding carboxylic acids is 1. The normalized spacial score (nSPS) is 11.1. The molecule has 0 aliphatic heterocycles. The fourth-order valence-electron chi connectivity index (χ4n) is 1.55. The number of halogens is 2. The maximum Gasteiger partial charge on any atom is 0.290 e. The van der Waals surface area contributed by atoms with E-state index in [2.05, 4.69) is 24.1 Å². The number of aromatic nitrogens is 1. The Labute approximate surface area is 116 Å². The van der Waals surface area contributed by atoms with Crippen LogP contribution in [-0.2, 0) is 0 Å². The smallest absolute Gasteiger partial charge is 0.290 e. The van der Waals surface area contributed by atoms with Gasteiger partial charge in [-0.3, -0.25) is 4.79 Å². The van der Waals surface area contributed by atoms with Crippen LogP contribution in [0.2, 0.25) is 0 Å². The number of hydrogen-bond acceptors (Lipinski definition) is 3. The van der Waals surface area contributed by atoms with E-state index in [0.717, 1.165) is 12.8 Å². The SMILES string of the molecule is CC(C)CCCNC(=O)c1cccnc1SC(F)F. The number of nitrogens with one attached hydrogen (secondary N) is 1. The number of alkyl halides is 2. The van der Waals surface area contributed by atoms with Gasteiger partial charge in [-0.25, -0.2) is 4.98 Å². The van der Waals surface area contributed by atoms with Crippen LogP contribution in [0.5, 0.6) is 0 Å².